The van der Waals surface area contributed by atoms with Gasteiger partial charge >= 0.3 is 12.6 Å². The van der Waals surface area contributed by atoms with Gasteiger partial charge in [-0.15, -0.1) is 0 Å². The largest absolute Gasteiger partial charge is 0.481 e. The van der Waals surface area contributed by atoms with Crippen LogP contribution in [0.3, 0.4) is 0 Å². The molecule has 2 rings (SSSR count). The van der Waals surface area contributed by atoms with Crippen LogP contribution in [0, 0.1) is 5.92 Å². The van der Waals surface area contributed by atoms with Crippen molar-refractivity contribution in [2.45, 2.75) is 51.1 Å². The highest BCUT2D eigenvalue weighted by Crippen LogP contribution is 2.36. The third kappa shape index (κ3) is 4.41. The second-order valence-electron chi connectivity index (χ2n) is 5.52. The summed E-state index contributed by atoms with van der Waals surface area (Å²) in [6.07, 6.45) is 6.24. The fourth-order valence-electron chi connectivity index (χ4n) is 3.12. The lowest BCUT2D eigenvalue weighted by Gasteiger charge is -2.23. The van der Waals surface area contributed by atoms with E-state index in [-0.39, 0.29) is 11.7 Å². The zero-order valence-corrected chi connectivity index (χ0v) is 11.8. The number of hydrogen-bond acceptors (Lipinski definition) is 2. The predicted octanol–water partition coefficient (Wildman–Crippen LogP) is 4.43. The molecule has 3 nitrogen and oxygen atoms in total. The molecule has 21 heavy (non-hydrogen) atoms. The number of alkyl halides is 2. The lowest BCUT2D eigenvalue weighted by molar-refractivity contribution is -0.140. The van der Waals surface area contributed by atoms with Crippen molar-refractivity contribution >= 4 is 5.97 Å². The maximum Gasteiger partial charge on any atom is 0.387 e. The summed E-state index contributed by atoms with van der Waals surface area (Å²) in [5.41, 5.74) is 0.663. The third-order valence-electron chi connectivity index (χ3n) is 4.10. The second kappa shape index (κ2) is 7.38. The van der Waals surface area contributed by atoms with E-state index in [9.17, 15) is 18.7 Å². The first-order chi connectivity index (χ1) is 10.1. The van der Waals surface area contributed by atoms with Crippen molar-refractivity contribution < 1.29 is 23.4 Å². The molecular formula is C16H20F2O3. The van der Waals surface area contributed by atoms with Gasteiger partial charge in [0.2, 0.25) is 0 Å². The second-order valence-corrected chi connectivity index (χ2v) is 5.52. The van der Waals surface area contributed by atoms with Crippen LogP contribution in [0.4, 0.5) is 8.78 Å². The van der Waals surface area contributed by atoms with Crippen LogP contribution in [0.1, 0.15) is 50.0 Å². The summed E-state index contributed by atoms with van der Waals surface area (Å²) >= 11 is 0. The molecule has 1 atom stereocenters. The van der Waals surface area contributed by atoms with Crippen molar-refractivity contribution in [3.8, 4) is 5.75 Å². The molecule has 1 fully saturated rings. The first-order valence-electron chi connectivity index (χ1n) is 7.35. The molecule has 116 valence electrons. The Bertz CT molecular complexity index is 451. The van der Waals surface area contributed by atoms with Crippen LogP contribution in [0.15, 0.2) is 24.3 Å². The summed E-state index contributed by atoms with van der Waals surface area (Å²) < 4.78 is 28.5. The van der Waals surface area contributed by atoms with Gasteiger partial charge in [-0.05, 0) is 36.5 Å². The standard InChI is InChI=1S/C16H20F2O3/c17-16(18)21-13-9-7-12(8-10-13)14(15(19)20)11-5-3-1-2-4-6-11/h7-11,14,16H,1-6H2,(H,19,20). The van der Waals surface area contributed by atoms with Crippen LogP contribution in [-0.4, -0.2) is 17.7 Å². The van der Waals surface area contributed by atoms with Crippen LogP contribution < -0.4 is 4.74 Å². The molecule has 1 saturated carbocycles. The zero-order valence-electron chi connectivity index (χ0n) is 11.8. The maximum atomic E-state index is 12.1. The Kier molecular flexibility index (Phi) is 5.53. The predicted molar refractivity (Wildman–Crippen MR) is 74.6 cm³/mol. The van der Waals surface area contributed by atoms with E-state index in [4.69, 9.17) is 0 Å². The number of ether oxygens (including phenoxy) is 1. The number of aliphatic carboxylic acids is 1. The van der Waals surface area contributed by atoms with E-state index < -0.39 is 18.5 Å². The average molecular weight is 298 g/mol. The number of carboxylic acid groups (broad SMARTS) is 1. The van der Waals surface area contributed by atoms with Gasteiger partial charge in [-0.25, -0.2) is 0 Å². The normalized spacial score (nSPS) is 18.2. The van der Waals surface area contributed by atoms with E-state index in [1.807, 2.05) is 0 Å². The molecule has 0 aliphatic heterocycles. The molecule has 5 heteroatoms. The van der Waals surface area contributed by atoms with Crippen molar-refractivity contribution in [2.75, 3.05) is 0 Å². The fraction of sp³-hybridized carbons (Fsp3) is 0.562. The van der Waals surface area contributed by atoms with Crippen molar-refractivity contribution in [1.82, 2.24) is 0 Å². The zero-order chi connectivity index (χ0) is 15.2. The molecule has 1 aliphatic rings. The topological polar surface area (TPSA) is 46.5 Å². The molecular weight excluding hydrogens is 278 g/mol. The van der Waals surface area contributed by atoms with Crippen LogP contribution in [0.2, 0.25) is 0 Å². The molecule has 1 aromatic rings. The smallest absolute Gasteiger partial charge is 0.387 e. The summed E-state index contributed by atoms with van der Waals surface area (Å²) in [6.45, 7) is -2.87. The fourth-order valence-corrected chi connectivity index (χ4v) is 3.12. The molecule has 0 amide bonds. The van der Waals surface area contributed by atoms with E-state index in [2.05, 4.69) is 4.74 Å². The van der Waals surface area contributed by atoms with E-state index >= 15 is 0 Å². The highest BCUT2D eigenvalue weighted by atomic mass is 19.3. The first-order valence-corrected chi connectivity index (χ1v) is 7.35. The van der Waals surface area contributed by atoms with Gasteiger partial charge in [0.1, 0.15) is 5.75 Å². The number of benzene rings is 1. The van der Waals surface area contributed by atoms with Crippen molar-refractivity contribution in [1.29, 1.82) is 0 Å². The van der Waals surface area contributed by atoms with Crippen molar-refractivity contribution in [3.05, 3.63) is 29.8 Å². The summed E-state index contributed by atoms with van der Waals surface area (Å²) in [5, 5.41) is 9.53. The first kappa shape index (κ1) is 15.7. The Morgan fingerprint density at radius 3 is 2.14 bits per heavy atom. The number of halogens is 2. The number of carboxylic acids is 1. The van der Waals surface area contributed by atoms with Crippen LogP contribution in [0.25, 0.3) is 0 Å². The molecule has 0 spiro atoms. The summed E-state index contributed by atoms with van der Waals surface area (Å²) in [4.78, 5) is 11.6. The van der Waals surface area contributed by atoms with E-state index in [0.29, 0.717) is 5.56 Å². The highest BCUT2D eigenvalue weighted by molar-refractivity contribution is 5.76. The molecule has 1 unspecified atom stereocenters. The molecule has 1 aromatic carbocycles. The van der Waals surface area contributed by atoms with Gasteiger partial charge in [-0.1, -0.05) is 37.8 Å². The van der Waals surface area contributed by atoms with Crippen LogP contribution >= 0.6 is 0 Å². The van der Waals surface area contributed by atoms with Crippen molar-refractivity contribution in [2.24, 2.45) is 5.92 Å². The van der Waals surface area contributed by atoms with Gasteiger partial charge in [0.25, 0.3) is 0 Å². The summed E-state index contributed by atoms with van der Waals surface area (Å²) in [6, 6.07) is 5.99. The lowest BCUT2D eigenvalue weighted by Crippen LogP contribution is -2.21. The van der Waals surface area contributed by atoms with Crippen molar-refractivity contribution in [3.63, 3.8) is 0 Å². The molecule has 1 N–H and O–H groups in total. The highest BCUT2D eigenvalue weighted by Gasteiger charge is 2.30. The van der Waals surface area contributed by atoms with Gasteiger partial charge in [0.05, 0.1) is 5.92 Å². The summed E-state index contributed by atoms with van der Waals surface area (Å²) in [5.74, 6) is -1.24. The molecule has 0 bridgehead atoms. The van der Waals surface area contributed by atoms with Crippen LogP contribution in [0.5, 0.6) is 5.75 Å². The van der Waals surface area contributed by atoms with E-state index in [1.165, 1.54) is 12.1 Å². The van der Waals surface area contributed by atoms with Gasteiger partial charge in [0.15, 0.2) is 0 Å². The molecule has 0 saturated heterocycles. The van der Waals surface area contributed by atoms with E-state index in [0.717, 1.165) is 38.5 Å². The van der Waals surface area contributed by atoms with Gasteiger partial charge in [-0.3, -0.25) is 4.79 Å². The molecule has 0 heterocycles. The minimum atomic E-state index is -2.87. The Hall–Kier alpha value is -1.65. The molecule has 0 aromatic heterocycles. The van der Waals surface area contributed by atoms with Gasteiger partial charge in [-0.2, -0.15) is 8.78 Å². The number of hydrogen-bond donors (Lipinski definition) is 1. The quantitative estimate of drug-likeness (QED) is 0.818. The maximum absolute atomic E-state index is 12.1. The Balaban J connectivity index is 2.15. The Labute approximate surface area is 122 Å². The van der Waals surface area contributed by atoms with Crippen LogP contribution in [-0.2, 0) is 4.79 Å². The Morgan fingerprint density at radius 2 is 1.67 bits per heavy atom. The minimum Gasteiger partial charge on any atom is -0.481 e. The monoisotopic (exact) mass is 298 g/mol. The van der Waals surface area contributed by atoms with Gasteiger partial charge < -0.3 is 9.84 Å². The number of carbonyl (C=O) groups is 1. The third-order valence-corrected chi connectivity index (χ3v) is 4.10. The number of rotatable bonds is 5. The SMILES string of the molecule is O=C(O)C(c1ccc(OC(F)F)cc1)C1CCCCCC1. The average Bonchev–Trinajstić information content (AvgIpc) is 2.69. The van der Waals surface area contributed by atoms with E-state index in [1.54, 1.807) is 12.1 Å². The molecule has 0 radical (unpaired) electrons. The minimum absolute atomic E-state index is 0.0544. The summed E-state index contributed by atoms with van der Waals surface area (Å²) in [7, 11) is 0. The lowest BCUT2D eigenvalue weighted by atomic mass is 9.81. The molecule has 1 aliphatic carbocycles. The Morgan fingerprint density at radius 1 is 1.10 bits per heavy atom. The van der Waals surface area contributed by atoms with Gasteiger partial charge in [0, 0.05) is 0 Å².